The highest BCUT2D eigenvalue weighted by Gasteiger charge is 2.20. The van der Waals surface area contributed by atoms with Gasteiger partial charge in [-0.25, -0.2) is 9.78 Å². The van der Waals surface area contributed by atoms with Crippen molar-refractivity contribution in [1.82, 2.24) is 10.3 Å². The second-order valence-corrected chi connectivity index (χ2v) is 4.68. The van der Waals surface area contributed by atoms with Gasteiger partial charge in [-0.2, -0.15) is 0 Å². The zero-order valence-corrected chi connectivity index (χ0v) is 9.59. The molecule has 0 bridgehead atoms. The van der Waals surface area contributed by atoms with E-state index in [1.165, 1.54) is 24.2 Å². The number of carbonyl (C=O) groups excluding carboxylic acids is 1. The molecule has 0 atom stereocenters. The van der Waals surface area contributed by atoms with Gasteiger partial charge in [0.2, 0.25) is 0 Å². The predicted molar refractivity (Wildman–Crippen MR) is 61.3 cm³/mol. The Morgan fingerprint density at radius 2 is 2.33 bits per heavy atom. The monoisotopic (exact) mass is 225 g/mol. The van der Waals surface area contributed by atoms with Gasteiger partial charge in [0, 0.05) is 24.7 Å². The smallest absolute Gasteiger partial charge is 0.323 e. The third-order valence-corrected chi connectivity index (χ3v) is 3.54. The van der Waals surface area contributed by atoms with Crippen LogP contribution in [0.5, 0.6) is 0 Å². The summed E-state index contributed by atoms with van der Waals surface area (Å²) in [5.41, 5.74) is 0. The molecule has 1 aliphatic carbocycles. The maximum Gasteiger partial charge on any atom is 0.323 e. The topological polar surface area (TPSA) is 45.2 Å². The molecule has 0 radical (unpaired) electrons. The minimum atomic E-state index is -0.0446. The quantitative estimate of drug-likeness (QED) is 0.839. The van der Waals surface area contributed by atoms with Crippen LogP contribution in [0.3, 0.4) is 0 Å². The number of rotatable bonds is 2. The molecule has 1 saturated carbocycles. The average Bonchev–Trinajstić information content (AvgIpc) is 2.88. The molecule has 2 rings (SSSR count). The van der Waals surface area contributed by atoms with Gasteiger partial charge in [0.1, 0.15) is 0 Å². The van der Waals surface area contributed by atoms with E-state index in [9.17, 15) is 4.79 Å². The molecule has 1 heterocycles. The molecule has 0 unspecified atom stereocenters. The Balaban J connectivity index is 1.90. The molecule has 5 heteroatoms. The molecule has 4 nitrogen and oxygen atoms in total. The predicted octanol–water partition coefficient (Wildman–Crippen LogP) is 2.23. The molecule has 15 heavy (non-hydrogen) atoms. The van der Waals surface area contributed by atoms with Gasteiger partial charge in [-0.3, -0.25) is 4.90 Å². The highest BCUT2D eigenvalue weighted by Crippen LogP contribution is 2.19. The fraction of sp³-hybridized carbons (Fsp3) is 0.600. The highest BCUT2D eigenvalue weighted by atomic mass is 32.1. The van der Waals surface area contributed by atoms with Crippen LogP contribution in [0, 0.1) is 0 Å². The standard InChI is InChI=1S/C10H15N3OS/c1-13(10-11-6-7-15-10)9(14)12-8-4-2-3-5-8/h6-8H,2-5H2,1H3,(H,12,14). The Hall–Kier alpha value is -1.10. The second-order valence-electron chi connectivity index (χ2n) is 3.80. The Morgan fingerprint density at radius 3 is 2.93 bits per heavy atom. The van der Waals surface area contributed by atoms with E-state index >= 15 is 0 Å². The number of anilines is 1. The Kier molecular flexibility index (Phi) is 3.20. The molecule has 82 valence electrons. The van der Waals surface area contributed by atoms with Crippen molar-refractivity contribution in [3.05, 3.63) is 11.6 Å². The number of aromatic nitrogens is 1. The third kappa shape index (κ3) is 2.47. The fourth-order valence-electron chi connectivity index (χ4n) is 1.81. The van der Waals surface area contributed by atoms with Gasteiger partial charge >= 0.3 is 6.03 Å². The van der Waals surface area contributed by atoms with E-state index in [0.717, 1.165) is 18.0 Å². The summed E-state index contributed by atoms with van der Waals surface area (Å²) >= 11 is 1.47. The molecule has 1 N–H and O–H groups in total. The molecule has 1 aliphatic rings. The highest BCUT2D eigenvalue weighted by molar-refractivity contribution is 7.13. The zero-order valence-electron chi connectivity index (χ0n) is 8.77. The van der Waals surface area contributed by atoms with Crippen LogP contribution in [0.15, 0.2) is 11.6 Å². The normalized spacial score (nSPS) is 16.6. The first-order chi connectivity index (χ1) is 7.27. The van der Waals surface area contributed by atoms with E-state index in [1.807, 2.05) is 5.38 Å². The average molecular weight is 225 g/mol. The van der Waals surface area contributed by atoms with Crippen LogP contribution in [-0.2, 0) is 0 Å². The van der Waals surface area contributed by atoms with Crippen LogP contribution in [0.4, 0.5) is 9.93 Å². The van der Waals surface area contributed by atoms with E-state index < -0.39 is 0 Å². The van der Waals surface area contributed by atoms with Crippen molar-refractivity contribution in [2.75, 3.05) is 11.9 Å². The lowest BCUT2D eigenvalue weighted by Crippen LogP contribution is -2.42. The number of thiazole rings is 1. The number of nitrogens with zero attached hydrogens (tertiary/aromatic N) is 2. The van der Waals surface area contributed by atoms with Crippen molar-refractivity contribution >= 4 is 22.5 Å². The summed E-state index contributed by atoms with van der Waals surface area (Å²) in [7, 11) is 1.75. The molecule has 0 spiro atoms. The first-order valence-electron chi connectivity index (χ1n) is 5.21. The Labute approximate surface area is 93.3 Å². The Morgan fingerprint density at radius 1 is 1.60 bits per heavy atom. The van der Waals surface area contributed by atoms with Crippen LogP contribution in [0.2, 0.25) is 0 Å². The van der Waals surface area contributed by atoms with E-state index in [2.05, 4.69) is 10.3 Å². The molecule has 0 saturated heterocycles. The van der Waals surface area contributed by atoms with E-state index in [0.29, 0.717) is 6.04 Å². The van der Waals surface area contributed by atoms with Crippen molar-refractivity contribution in [3.8, 4) is 0 Å². The van der Waals surface area contributed by atoms with Crippen molar-refractivity contribution in [2.24, 2.45) is 0 Å². The maximum absolute atomic E-state index is 11.8. The van der Waals surface area contributed by atoms with Gasteiger partial charge in [0.05, 0.1) is 0 Å². The van der Waals surface area contributed by atoms with Crippen LogP contribution in [0.25, 0.3) is 0 Å². The second kappa shape index (κ2) is 4.61. The summed E-state index contributed by atoms with van der Waals surface area (Å²) in [5.74, 6) is 0. The van der Waals surface area contributed by atoms with E-state index in [-0.39, 0.29) is 6.03 Å². The van der Waals surface area contributed by atoms with Gasteiger partial charge in [-0.15, -0.1) is 11.3 Å². The van der Waals surface area contributed by atoms with E-state index in [4.69, 9.17) is 0 Å². The number of urea groups is 1. The van der Waals surface area contributed by atoms with Crippen LogP contribution < -0.4 is 10.2 Å². The Bertz CT molecular complexity index is 319. The fourth-order valence-corrected chi connectivity index (χ4v) is 2.42. The molecule has 1 aromatic rings. The van der Waals surface area contributed by atoms with E-state index in [1.54, 1.807) is 18.1 Å². The molecular weight excluding hydrogens is 210 g/mol. The lowest BCUT2D eigenvalue weighted by Gasteiger charge is -2.18. The van der Waals surface area contributed by atoms with Gasteiger partial charge in [0.15, 0.2) is 5.13 Å². The van der Waals surface area contributed by atoms with Gasteiger partial charge < -0.3 is 5.32 Å². The lowest BCUT2D eigenvalue weighted by atomic mass is 10.2. The van der Waals surface area contributed by atoms with Gasteiger partial charge in [-0.05, 0) is 12.8 Å². The molecule has 1 fully saturated rings. The molecule has 0 aliphatic heterocycles. The third-order valence-electron chi connectivity index (χ3n) is 2.69. The first-order valence-corrected chi connectivity index (χ1v) is 6.09. The number of hydrogen-bond acceptors (Lipinski definition) is 3. The van der Waals surface area contributed by atoms with Crippen LogP contribution in [-0.4, -0.2) is 24.1 Å². The number of hydrogen-bond donors (Lipinski definition) is 1. The summed E-state index contributed by atoms with van der Waals surface area (Å²) in [6, 6.07) is 0.316. The summed E-state index contributed by atoms with van der Waals surface area (Å²) in [4.78, 5) is 17.4. The van der Waals surface area contributed by atoms with Gasteiger partial charge in [-0.1, -0.05) is 12.8 Å². The molecule has 0 aromatic carbocycles. The van der Waals surface area contributed by atoms with Crippen LogP contribution >= 0.6 is 11.3 Å². The number of amides is 2. The summed E-state index contributed by atoms with van der Waals surface area (Å²) in [6.45, 7) is 0. The van der Waals surface area contributed by atoms with Crippen molar-refractivity contribution in [3.63, 3.8) is 0 Å². The largest absolute Gasteiger partial charge is 0.335 e. The minimum Gasteiger partial charge on any atom is -0.335 e. The zero-order chi connectivity index (χ0) is 10.7. The van der Waals surface area contributed by atoms with Crippen molar-refractivity contribution in [2.45, 2.75) is 31.7 Å². The van der Waals surface area contributed by atoms with Crippen LogP contribution in [0.1, 0.15) is 25.7 Å². The number of nitrogens with one attached hydrogen (secondary N) is 1. The van der Waals surface area contributed by atoms with Crippen molar-refractivity contribution < 1.29 is 4.79 Å². The minimum absolute atomic E-state index is 0.0446. The maximum atomic E-state index is 11.8. The molecule has 2 amide bonds. The summed E-state index contributed by atoms with van der Waals surface area (Å²) in [5, 5.41) is 5.63. The van der Waals surface area contributed by atoms with Crippen molar-refractivity contribution in [1.29, 1.82) is 0 Å². The van der Waals surface area contributed by atoms with Gasteiger partial charge in [0.25, 0.3) is 0 Å². The molecular formula is C10H15N3OS. The SMILES string of the molecule is CN(C(=O)NC1CCCC1)c1nccs1. The number of carbonyl (C=O) groups is 1. The lowest BCUT2D eigenvalue weighted by molar-refractivity contribution is 0.244. The first kappa shape index (κ1) is 10.4. The summed E-state index contributed by atoms with van der Waals surface area (Å²) < 4.78 is 0. The summed E-state index contributed by atoms with van der Waals surface area (Å²) in [6.07, 6.45) is 6.38. The molecule has 1 aromatic heterocycles.